The third-order valence-corrected chi connectivity index (χ3v) is 2.86. The van der Waals surface area contributed by atoms with E-state index < -0.39 is 16.9 Å². The van der Waals surface area contributed by atoms with Crippen LogP contribution in [0.5, 0.6) is 0 Å². The van der Waals surface area contributed by atoms with Gasteiger partial charge in [0, 0.05) is 29.4 Å². The molecule has 0 radical (unpaired) electrons. The van der Waals surface area contributed by atoms with Gasteiger partial charge in [0.15, 0.2) is 0 Å². The van der Waals surface area contributed by atoms with Gasteiger partial charge < -0.3 is 14.8 Å². The summed E-state index contributed by atoms with van der Waals surface area (Å²) in [6, 6.07) is 3.49. The molecule has 0 aliphatic carbocycles. The van der Waals surface area contributed by atoms with Crippen LogP contribution in [0.3, 0.4) is 0 Å². The molecule has 5 heteroatoms. The lowest BCUT2D eigenvalue weighted by Crippen LogP contribution is -2.23. The third kappa shape index (κ3) is 5.11. The number of aliphatic hydroxyl groups is 1. The fraction of sp³-hybridized carbons (Fsp3) is 0.600. The topological polar surface area (TPSA) is 62.5 Å². The molecule has 0 aliphatic rings. The fourth-order valence-electron chi connectivity index (χ4n) is 1.22. The molecule has 0 fully saturated rings. The van der Waals surface area contributed by atoms with Gasteiger partial charge in [-0.15, -0.1) is 0 Å². The number of hydrogen-bond acceptors (Lipinski definition) is 4. The molecular weight excluding hydrogens is 214 g/mol. The minimum Gasteiger partial charge on any atom is -0.467 e. The van der Waals surface area contributed by atoms with Crippen LogP contribution in [0.25, 0.3) is 0 Å². The molecule has 1 aromatic heterocycles. The second-order valence-corrected chi connectivity index (χ2v) is 4.92. The van der Waals surface area contributed by atoms with E-state index in [9.17, 15) is 9.32 Å². The highest BCUT2D eigenvalue weighted by Gasteiger charge is 2.08. The molecular formula is C10H17NO3S. The maximum atomic E-state index is 10.7. The maximum absolute atomic E-state index is 10.7. The summed E-state index contributed by atoms with van der Waals surface area (Å²) >= 11 is 0. The number of hydrogen-bond donors (Lipinski definition) is 2. The molecule has 0 amide bonds. The zero-order chi connectivity index (χ0) is 11.1. The fourth-order valence-corrected chi connectivity index (χ4v) is 1.77. The van der Waals surface area contributed by atoms with Crippen molar-refractivity contribution in [2.45, 2.75) is 12.5 Å². The van der Waals surface area contributed by atoms with Crippen LogP contribution in [0, 0.1) is 0 Å². The average Bonchev–Trinajstić information content (AvgIpc) is 2.69. The molecule has 1 heterocycles. The molecule has 86 valence electrons. The summed E-state index contributed by atoms with van der Waals surface area (Å²) in [6.45, 7) is 1.22. The van der Waals surface area contributed by atoms with Crippen LogP contribution in [0.1, 0.15) is 18.3 Å². The normalized spacial score (nSPS) is 15.1. The molecule has 1 rings (SSSR count). The van der Waals surface area contributed by atoms with Crippen molar-refractivity contribution in [2.75, 3.05) is 25.1 Å². The van der Waals surface area contributed by atoms with Crippen molar-refractivity contribution in [1.29, 1.82) is 0 Å². The van der Waals surface area contributed by atoms with Gasteiger partial charge in [-0.1, -0.05) is 0 Å². The number of furan rings is 1. The Morgan fingerprint density at radius 3 is 3.07 bits per heavy atom. The molecule has 0 aromatic carbocycles. The van der Waals surface area contributed by atoms with Crippen molar-refractivity contribution >= 4 is 10.8 Å². The second-order valence-electron chi connectivity index (χ2n) is 3.37. The van der Waals surface area contributed by atoms with Gasteiger partial charge in [0.2, 0.25) is 0 Å². The zero-order valence-electron chi connectivity index (χ0n) is 8.81. The molecule has 0 aliphatic heterocycles. The van der Waals surface area contributed by atoms with Crippen molar-refractivity contribution in [3.05, 3.63) is 24.2 Å². The highest BCUT2D eigenvalue weighted by molar-refractivity contribution is 7.84. The van der Waals surface area contributed by atoms with Gasteiger partial charge in [-0.3, -0.25) is 4.21 Å². The molecule has 2 N–H and O–H groups in total. The number of nitrogens with one attached hydrogen (secondary N) is 1. The van der Waals surface area contributed by atoms with E-state index in [2.05, 4.69) is 5.32 Å². The summed E-state index contributed by atoms with van der Waals surface area (Å²) in [5, 5.41) is 12.7. The molecule has 2 atom stereocenters. The van der Waals surface area contributed by atoms with Crippen LogP contribution in [0.4, 0.5) is 0 Å². The van der Waals surface area contributed by atoms with E-state index in [1.807, 2.05) is 0 Å². The Hall–Kier alpha value is -0.650. The third-order valence-electron chi connectivity index (χ3n) is 1.99. The van der Waals surface area contributed by atoms with Gasteiger partial charge >= 0.3 is 0 Å². The Morgan fingerprint density at radius 1 is 1.67 bits per heavy atom. The van der Waals surface area contributed by atoms with E-state index in [1.165, 1.54) is 0 Å². The van der Waals surface area contributed by atoms with Crippen molar-refractivity contribution in [3.8, 4) is 0 Å². The van der Waals surface area contributed by atoms with E-state index in [0.29, 0.717) is 18.1 Å². The Labute approximate surface area is 92.1 Å². The molecule has 0 spiro atoms. The van der Waals surface area contributed by atoms with Gasteiger partial charge in [-0.05, 0) is 25.1 Å². The van der Waals surface area contributed by atoms with E-state index in [1.54, 1.807) is 24.7 Å². The van der Waals surface area contributed by atoms with E-state index in [-0.39, 0.29) is 0 Å². The van der Waals surface area contributed by atoms with Crippen molar-refractivity contribution in [1.82, 2.24) is 5.32 Å². The van der Waals surface area contributed by atoms with Crippen LogP contribution < -0.4 is 5.32 Å². The first-order valence-electron chi connectivity index (χ1n) is 4.92. The summed E-state index contributed by atoms with van der Waals surface area (Å²) in [7, 11) is -0.730. The van der Waals surface area contributed by atoms with Crippen molar-refractivity contribution in [2.24, 2.45) is 0 Å². The Balaban J connectivity index is 2.08. The highest BCUT2D eigenvalue weighted by Crippen LogP contribution is 2.11. The van der Waals surface area contributed by atoms with Crippen molar-refractivity contribution < 1.29 is 13.7 Å². The first kappa shape index (κ1) is 12.4. The smallest absolute Gasteiger partial charge is 0.133 e. The standard InChI is InChI=1S/C10H17NO3S/c1-15(13)7-3-5-11-8-9(12)10-4-2-6-14-10/h2,4,6,9,11-12H,3,5,7-8H2,1H3. The molecule has 15 heavy (non-hydrogen) atoms. The van der Waals surface area contributed by atoms with E-state index in [0.717, 1.165) is 13.0 Å². The Morgan fingerprint density at radius 2 is 2.47 bits per heavy atom. The van der Waals surface area contributed by atoms with Gasteiger partial charge in [-0.2, -0.15) is 0 Å². The lowest BCUT2D eigenvalue weighted by Gasteiger charge is -2.08. The molecule has 0 saturated carbocycles. The molecule has 1 aromatic rings. The average molecular weight is 231 g/mol. The second kappa shape index (κ2) is 6.76. The first-order valence-corrected chi connectivity index (χ1v) is 6.65. The summed E-state index contributed by atoms with van der Waals surface area (Å²) < 4.78 is 15.8. The minimum atomic E-state index is -0.730. The quantitative estimate of drug-likeness (QED) is 0.677. The predicted octanol–water partition coefficient (Wildman–Crippen LogP) is 0.671. The molecule has 2 unspecified atom stereocenters. The first-order chi connectivity index (χ1) is 7.20. The lowest BCUT2D eigenvalue weighted by atomic mass is 10.3. The van der Waals surface area contributed by atoms with Gasteiger partial charge in [0.25, 0.3) is 0 Å². The molecule has 0 bridgehead atoms. The van der Waals surface area contributed by atoms with E-state index >= 15 is 0 Å². The Bertz CT molecular complexity index is 287. The largest absolute Gasteiger partial charge is 0.467 e. The zero-order valence-corrected chi connectivity index (χ0v) is 9.63. The summed E-state index contributed by atoms with van der Waals surface area (Å²) in [4.78, 5) is 0. The summed E-state index contributed by atoms with van der Waals surface area (Å²) in [5.41, 5.74) is 0. The van der Waals surface area contributed by atoms with Crippen molar-refractivity contribution in [3.63, 3.8) is 0 Å². The summed E-state index contributed by atoms with van der Waals surface area (Å²) in [5.74, 6) is 1.27. The van der Waals surface area contributed by atoms with Crippen LogP contribution >= 0.6 is 0 Å². The Kier molecular flexibility index (Phi) is 5.60. The summed E-state index contributed by atoms with van der Waals surface area (Å²) in [6.07, 6.45) is 3.48. The van der Waals surface area contributed by atoms with Crippen LogP contribution in [0.2, 0.25) is 0 Å². The number of rotatable bonds is 7. The maximum Gasteiger partial charge on any atom is 0.133 e. The van der Waals surface area contributed by atoms with Crippen LogP contribution in [-0.2, 0) is 10.8 Å². The monoisotopic (exact) mass is 231 g/mol. The van der Waals surface area contributed by atoms with Gasteiger partial charge in [-0.25, -0.2) is 0 Å². The highest BCUT2D eigenvalue weighted by atomic mass is 32.2. The molecule has 0 saturated heterocycles. The minimum absolute atomic E-state index is 0.462. The van der Waals surface area contributed by atoms with Crippen LogP contribution in [0.15, 0.2) is 22.8 Å². The number of aliphatic hydroxyl groups excluding tert-OH is 1. The van der Waals surface area contributed by atoms with E-state index in [4.69, 9.17) is 4.42 Å². The lowest BCUT2D eigenvalue weighted by molar-refractivity contribution is 0.148. The molecule has 4 nitrogen and oxygen atoms in total. The van der Waals surface area contributed by atoms with Gasteiger partial charge in [0.1, 0.15) is 11.9 Å². The van der Waals surface area contributed by atoms with Crippen LogP contribution in [-0.4, -0.2) is 34.4 Å². The predicted molar refractivity (Wildman–Crippen MR) is 60.1 cm³/mol. The van der Waals surface area contributed by atoms with Gasteiger partial charge in [0.05, 0.1) is 6.26 Å². The SMILES string of the molecule is CS(=O)CCCNCC(O)c1ccco1.